The van der Waals surface area contributed by atoms with Crippen LogP contribution < -0.4 is 5.32 Å². The molecule has 1 aromatic carbocycles. The van der Waals surface area contributed by atoms with Gasteiger partial charge in [0, 0.05) is 45.8 Å². The summed E-state index contributed by atoms with van der Waals surface area (Å²) in [5.74, 6) is 0.830. The minimum absolute atomic E-state index is 0.830. The lowest BCUT2D eigenvalue weighted by Crippen LogP contribution is -2.47. The number of nitrogens with zero attached hydrogens (tertiary/aromatic N) is 2. The fourth-order valence-electron chi connectivity index (χ4n) is 2.92. The Kier molecular flexibility index (Phi) is 6.68. The Balaban J connectivity index is 1.75. The van der Waals surface area contributed by atoms with E-state index in [-0.39, 0.29) is 0 Å². The van der Waals surface area contributed by atoms with E-state index >= 15 is 0 Å². The van der Waals surface area contributed by atoms with E-state index < -0.39 is 0 Å². The van der Waals surface area contributed by atoms with Gasteiger partial charge in [-0.1, -0.05) is 44.5 Å². The number of rotatable bonds is 7. The Morgan fingerprint density at radius 3 is 2.14 bits per heavy atom. The third-order valence-electron chi connectivity index (χ3n) is 4.54. The van der Waals surface area contributed by atoms with Gasteiger partial charge in [0.25, 0.3) is 0 Å². The largest absolute Gasteiger partial charge is 0.316 e. The van der Waals surface area contributed by atoms with Crippen LogP contribution in [0.15, 0.2) is 24.3 Å². The van der Waals surface area contributed by atoms with E-state index in [9.17, 15) is 0 Å². The van der Waals surface area contributed by atoms with Crippen molar-refractivity contribution in [3.8, 4) is 0 Å². The van der Waals surface area contributed by atoms with Crippen LogP contribution in [0.2, 0.25) is 0 Å². The first-order valence-electron chi connectivity index (χ1n) is 8.38. The average Bonchev–Trinajstić information content (AvgIpc) is 2.51. The zero-order valence-corrected chi connectivity index (χ0v) is 13.9. The summed E-state index contributed by atoms with van der Waals surface area (Å²) < 4.78 is 0. The summed E-state index contributed by atoms with van der Waals surface area (Å²) in [5, 5.41) is 3.19. The predicted octanol–water partition coefficient (Wildman–Crippen LogP) is 2.57. The topological polar surface area (TPSA) is 18.5 Å². The summed E-state index contributed by atoms with van der Waals surface area (Å²) in [6, 6.07) is 9.03. The lowest BCUT2D eigenvalue weighted by atomic mass is 10.1. The first-order valence-corrected chi connectivity index (χ1v) is 8.38. The van der Waals surface area contributed by atoms with Crippen molar-refractivity contribution in [1.29, 1.82) is 0 Å². The van der Waals surface area contributed by atoms with Crippen molar-refractivity contribution in [2.75, 3.05) is 39.8 Å². The van der Waals surface area contributed by atoms with Crippen molar-refractivity contribution < 1.29 is 0 Å². The van der Waals surface area contributed by atoms with Crippen LogP contribution in [0.5, 0.6) is 0 Å². The molecule has 1 heterocycles. The second-order valence-corrected chi connectivity index (χ2v) is 6.44. The van der Waals surface area contributed by atoms with Gasteiger partial charge < -0.3 is 10.2 Å². The highest BCUT2D eigenvalue weighted by molar-refractivity contribution is 5.22. The standard InChI is InChI=1S/C18H31N3/c1-4-16(2)14-20-9-11-21(12-10-20)15-18-7-5-17(6-8-18)13-19-3/h5-8,16,19H,4,9-15H2,1-3H3. The normalized spacial score (nSPS) is 18.8. The molecule has 3 heteroatoms. The van der Waals surface area contributed by atoms with Gasteiger partial charge in [-0.3, -0.25) is 4.90 Å². The SMILES string of the molecule is CCC(C)CN1CCN(Cc2ccc(CNC)cc2)CC1. The molecule has 0 radical (unpaired) electrons. The van der Waals surface area contributed by atoms with Crippen LogP contribution in [0.3, 0.4) is 0 Å². The molecule has 1 saturated heterocycles. The van der Waals surface area contributed by atoms with Crippen LogP contribution >= 0.6 is 0 Å². The number of hydrogen-bond donors (Lipinski definition) is 1. The molecule has 0 aromatic heterocycles. The van der Waals surface area contributed by atoms with E-state index in [0.29, 0.717) is 0 Å². The fourth-order valence-corrected chi connectivity index (χ4v) is 2.92. The molecule has 1 fully saturated rings. The molecule has 118 valence electrons. The van der Waals surface area contributed by atoms with Crippen molar-refractivity contribution in [2.24, 2.45) is 5.92 Å². The molecule has 0 bridgehead atoms. The molecule has 1 N–H and O–H groups in total. The molecule has 3 nitrogen and oxygen atoms in total. The Morgan fingerprint density at radius 2 is 1.57 bits per heavy atom. The van der Waals surface area contributed by atoms with Gasteiger partial charge in [-0.25, -0.2) is 0 Å². The van der Waals surface area contributed by atoms with Crippen molar-refractivity contribution in [3.05, 3.63) is 35.4 Å². The van der Waals surface area contributed by atoms with E-state index in [1.165, 1.54) is 50.3 Å². The lowest BCUT2D eigenvalue weighted by Gasteiger charge is -2.35. The zero-order valence-electron chi connectivity index (χ0n) is 13.9. The first-order chi connectivity index (χ1) is 10.2. The molecule has 1 aliphatic heterocycles. The summed E-state index contributed by atoms with van der Waals surface area (Å²) in [4.78, 5) is 5.21. The average molecular weight is 289 g/mol. The van der Waals surface area contributed by atoms with Crippen molar-refractivity contribution in [1.82, 2.24) is 15.1 Å². The summed E-state index contributed by atoms with van der Waals surface area (Å²) in [5.41, 5.74) is 2.80. The molecule has 1 unspecified atom stereocenters. The van der Waals surface area contributed by atoms with E-state index in [4.69, 9.17) is 0 Å². The van der Waals surface area contributed by atoms with E-state index in [1.807, 2.05) is 7.05 Å². The molecule has 1 atom stereocenters. The highest BCUT2D eigenvalue weighted by Crippen LogP contribution is 2.12. The fraction of sp³-hybridized carbons (Fsp3) is 0.667. The molecule has 0 amide bonds. The number of benzene rings is 1. The van der Waals surface area contributed by atoms with Crippen LogP contribution in [-0.4, -0.2) is 49.6 Å². The van der Waals surface area contributed by atoms with Crippen LogP contribution in [-0.2, 0) is 13.1 Å². The molecule has 1 aliphatic rings. The van der Waals surface area contributed by atoms with Gasteiger partial charge >= 0.3 is 0 Å². The highest BCUT2D eigenvalue weighted by atomic mass is 15.3. The molecule has 0 aliphatic carbocycles. The van der Waals surface area contributed by atoms with Gasteiger partial charge in [0.1, 0.15) is 0 Å². The summed E-state index contributed by atoms with van der Waals surface area (Å²) >= 11 is 0. The first kappa shape index (κ1) is 16.5. The third-order valence-corrected chi connectivity index (χ3v) is 4.54. The maximum atomic E-state index is 3.19. The highest BCUT2D eigenvalue weighted by Gasteiger charge is 2.17. The number of hydrogen-bond acceptors (Lipinski definition) is 3. The van der Waals surface area contributed by atoms with Crippen molar-refractivity contribution in [3.63, 3.8) is 0 Å². The van der Waals surface area contributed by atoms with E-state index in [1.54, 1.807) is 0 Å². The maximum absolute atomic E-state index is 3.19. The lowest BCUT2D eigenvalue weighted by molar-refractivity contribution is 0.114. The molecular weight excluding hydrogens is 258 g/mol. The molecule has 2 rings (SSSR count). The quantitative estimate of drug-likeness (QED) is 0.832. The minimum atomic E-state index is 0.830. The molecule has 1 aromatic rings. The molecular formula is C18H31N3. The zero-order chi connectivity index (χ0) is 15.1. The van der Waals surface area contributed by atoms with Crippen molar-refractivity contribution >= 4 is 0 Å². The Bertz CT molecular complexity index is 393. The third kappa shape index (κ3) is 5.42. The minimum Gasteiger partial charge on any atom is -0.316 e. The van der Waals surface area contributed by atoms with E-state index in [0.717, 1.165) is 19.0 Å². The summed E-state index contributed by atoms with van der Waals surface area (Å²) in [6.45, 7) is 12.8. The molecule has 0 spiro atoms. The van der Waals surface area contributed by atoms with Gasteiger partial charge in [0.15, 0.2) is 0 Å². The van der Waals surface area contributed by atoms with Gasteiger partial charge in [0.05, 0.1) is 0 Å². The van der Waals surface area contributed by atoms with Gasteiger partial charge in [-0.2, -0.15) is 0 Å². The van der Waals surface area contributed by atoms with Crippen LogP contribution in [0.4, 0.5) is 0 Å². The summed E-state index contributed by atoms with van der Waals surface area (Å²) in [7, 11) is 1.99. The molecule has 21 heavy (non-hydrogen) atoms. The van der Waals surface area contributed by atoms with Crippen LogP contribution in [0, 0.1) is 5.92 Å². The number of nitrogens with one attached hydrogen (secondary N) is 1. The predicted molar refractivity (Wildman–Crippen MR) is 90.4 cm³/mol. The van der Waals surface area contributed by atoms with Gasteiger partial charge in [0.2, 0.25) is 0 Å². The summed E-state index contributed by atoms with van der Waals surface area (Å²) in [6.07, 6.45) is 1.29. The second-order valence-electron chi connectivity index (χ2n) is 6.44. The monoisotopic (exact) mass is 289 g/mol. The smallest absolute Gasteiger partial charge is 0.0234 e. The Labute approximate surface area is 130 Å². The van der Waals surface area contributed by atoms with Crippen LogP contribution in [0.1, 0.15) is 31.4 Å². The number of piperazine rings is 1. The van der Waals surface area contributed by atoms with Crippen molar-refractivity contribution in [2.45, 2.75) is 33.4 Å². The maximum Gasteiger partial charge on any atom is 0.0234 e. The van der Waals surface area contributed by atoms with Gasteiger partial charge in [-0.05, 0) is 24.1 Å². The molecule has 0 saturated carbocycles. The second kappa shape index (κ2) is 8.52. The Hall–Kier alpha value is -0.900. The van der Waals surface area contributed by atoms with Crippen LogP contribution in [0.25, 0.3) is 0 Å². The van der Waals surface area contributed by atoms with Gasteiger partial charge in [-0.15, -0.1) is 0 Å². The Morgan fingerprint density at radius 1 is 1.00 bits per heavy atom. The van der Waals surface area contributed by atoms with E-state index in [2.05, 4.69) is 53.2 Å².